The van der Waals surface area contributed by atoms with E-state index in [4.69, 9.17) is 0 Å². The maximum atomic E-state index is 11.3. The first kappa shape index (κ1) is 14.6. The van der Waals surface area contributed by atoms with Crippen LogP contribution in [-0.2, 0) is 11.2 Å². The van der Waals surface area contributed by atoms with Crippen LogP contribution in [0.5, 0.6) is 0 Å². The Hall–Kier alpha value is -1.81. The van der Waals surface area contributed by atoms with E-state index in [0.717, 1.165) is 22.1 Å². The van der Waals surface area contributed by atoms with Crippen molar-refractivity contribution in [3.8, 4) is 0 Å². The Morgan fingerprint density at radius 3 is 2.55 bits per heavy atom. The molecule has 1 unspecified atom stereocenters. The molecule has 0 saturated carbocycles. The molecule has 0 heterocycles. The first-order valence-corrected chi connectivity index (χ1v) is 7.23. The highest BCUT2D eigenvalue weighted by atomic mass is 79.9. The van der Waals surface area contributed by atoms with Gasteiger partial charge in [0.25, 0.3) is 0 Å². The average molecular weight is 334 g/mol. The molecule has 0 fully saturated rings. The number of carbonyl (C=O) groups is 1. The lowest BCUT2D eigenvalue weighted by molar-refractivity contribution is -0.138. The summed E-state index contributed by atoms with van der Waals surface area (Å²) < 4.78 is 0.926. The second kappa shape index (κ2) is 7.10. The number of nitrogens with one attached hydrogen (secondary N) is 1. The molecular weight excluding hydrogens is 318 g/mol. The Bertz CT molecular complexity index is 572. The predicted octanol–water partition coefficient (Wildman–Crippen LogP) is 3.95. The van der Waals surface area contributed by atoms with Crippen LogP contribution in [0.25, 0.3) is 0 Å². The number of rotatable bonds is 6. The van der Waals surface area contributed by atoms with Crippen molar-refractivity contribution in [2.24, 2.45) is 0 Å². The minimum atomic E-state index is -0.832. The summed E-state index contributed by atoms with van der Waals surface area (Å²) in [4.78, 5) is 11.3. The van der Waals surface area contributed by atoms with E-state index in [1.54, 1.807) is 0 Å². The van der Waals surface area contributed by atoms with Gasteiger partial charge in [0.05, 0.1) is 0 Å². The molecule has 0 saturated heterocycles. The number of hydrogen-bond donors (Lipinski definition) is 2. The maximum Gasteiger partial charge on any atom is 0.326 e. The second-order valence-electron chi connectivity index (χ2n) is 4.57. The standard InChI is InChI=1S/C16H16BrNO2/c17-13-7-4-8-14(11-13)18-15(16(19)20)10-9-12-5-2-1-3-6-12/h1-8,11,15,18H,9-10H2,(H,19,20). The van der Waals surface area contributed by atoms with Gasteiger partial charge in [-0.05, 0) is 36.6 Å². The van der Waals surface area contributed by atoms with Gasteiger partial charge in [-0.15, -0.1) is 0 Å². The number of carboxylic acid groups (broad SMARTS) is 1. The number of aryl methyl sites for hydroxylation is 1. The SMILES string of the molecule is O=C(O)C(CCc1ccccc1)Nc1cccc(Br)c1. The lowest BCUT2D eigenvalue weighted by Crippen LogP contribution is -2.29. The summed E-state index contributed by atoms with van der Waals surface area (Å²) in [6, 6.07) is 16.8. The predicted molar refractivity (Wildman–Crippen MR) is 84.0 cm³/mol. The Morgan fingerprint density at radius 2 is 1.90 bits per heavy atom. The van der Waals surface area contributed by atoms with Crippen LogP contribution < -0.4 is 5.32 Å². The number of aliphatic carboxylic acids is 1. The van der Waals surface area contributed by atoms with Crippen molar-refractivity contribution in [3.05, 3.63) is 64.6 Å². The Morgan fingerprint density at radius 1 is 1.15 bits per heavy atom. The Balaban J connectivity index is 1.99. The minimum absolute atomic E-state index is 0.547. The molecular formula is C16H16BrNO2. The van der Waals surface area contributed by atoms with Crippen LogP contribution >= 0.6 is 15.9 Å². The summed E-state index contributed by atoms with van der Waals surface area (Å²) in [5.74, 6) is -0.832. The number of hydrogen-bond acceptors (Lipinski definition) is 2. The fraction of sp³-hybridized carbons (Fsp3) is 0.188. The summed E-state index contributed by atoms with van der Waals surface area (Å²) in [5, 5.41) is 12.4. The molecule has 2 aromatic carbocycles. The van der Waals surface area contributed by atoms with Crippen molar-refractivity contribution in [3.63, 3.8) is 0 Å². The van der Waals surface area contributed by atoms with Crippen molar-refractivity contribution in [2.75, 3.05) is 5.32 Å². The van der Waals surface area contributed by atoms with E-state index in [1.165, 1.54) is 0 Å². The molecule has 2 N–H and O–H groups in total. The van der Waals surface area contributed by atoms with Gasteiger partial charge in [-0.2, -0.15) is 0 Å². The fourth-order valence-corrected chi connectivity index (χ4v) is 2.39. The topological polar surface area (TPSA) is 49.3 Å². The first-order valence-electron chi connectivity index (χ1n) is 6.44. The largest absolute Gasteiger partial charge is 0.480 e. The zero-order chi connectivity index (χ0) is 14.4. The van der Waals surface area contributed by atoms with Crippen molar-refractivity contribution in [2.45, 2.75) is 18.9 Å². The van der Waals surface area contributed by atoms with E-state index in [0.29, 0.717) is 6.42 Å². The normalized spacial score (nSPS) is 11.8. The van der Waals surface area contributed by atoms with Crippen molar-refractivity contribution in [1.82, 2.24) is 0 Å². The summed E-state index contributed by atoms with van der Waals surface area (Å²) in [6.45, 7) is 0. The molecule has 2 aromatic rings. The molecule has 20 heavy (non-hydrogen) atoms. The summed E-state index contributed by atoms with van der Waals surface area (Å²) >= 11 is 3.38. The van der Waals surface area contributed by atoms with Crippen LogP contribution in [0, 0.1) is 0 Å². The number of carboxylic acids is 1. The number of anilines is 1. The molecule has 4 heteroatoms. The maximum absolute atomic E-state index is 11.3. The lowest BCUT2D eigenvalue weighted by atomic mass is 10.1. The highest BCUT2D eigenvalue weighted by Gasteiger charge is 2.16. The minimum Gasteiger partial charge on any atom is -0.480 e. The third-order valence-electron chi connectivity index (χ3n) is 3.03. The lowest BCUT2D eigenvalue weighted by Gasteiger charge is -2.16. The van der Waals surface area contributed by atoms with E-state index >= 15 is 0 Å². The zero-order valence-electron chi connectivity index (χ0n) is 10.9. The van der Waals surface area contributed by atoms with Crippen LogP contribution in [0.15, 0.2) is 59.1 Å². The molecule has 3 nitrogen and oxygen atoms in total. The molecule has 104 valence electrons. The van der Waals surface area contributed by atoms with Gasteiger partial charge in [0.15, 0.2) is 0 Å². The quantitative estimate of drug-likeness (QED) is 0.841. The van der Waals surface area contributed by atoms with Gasteiger partial charge in [0, 0.05) is 10.2 Å². The fourth-order valence-electron chi connectivity index (χ4n) is 1.99. The molecule has 0 spiro atoms. The van der Waals surface area contributed by atoms with Gasteiger partial charge in [-0.3, -0.25) is 0 Å². The smallest absolute Gasteiger partial charge is 0.326 e. The van der Waals surface area contributed by atoms with Crippen molar-refractivity contribution >= 4 is 27.6 Å². The van der Waals surface area contributed by atoms with E-state index < -0.39 is 12.0 Å². The third-order valence-corrected chi connectivity index (χ3v) is 3.52. The summed E-state index contributed by atoms with van der Waals surface area (Å²) in [7, 11) is 0. The molecule has 0 radical (unpaired) electrons. The monoisotopic (exact) mass is 333 g/mol. The molecule has 1 atom stereocenters. The Labute approximate surface area is 126 Å². The van der Waals surface area contributed by atoms with E-state index in [-0.39, 0.29) is 0 Å². The van der Waals surface area contributed by atoms with Crippen LogP contribution in [-0.4, -0.2) is 17.1 Å². The van der Waals surface area contributed by atoms with Gasteiger partial charge < -0.3 is 10.4 Å². The third kappa shape index (κ3) is 4.38. The van der Waals surface area contributed by atoms with Crippen LogP contribution in [0.2, 0.25) is 0 Å². The zero-order valence-corrected chi connectivity index (χ0v) is 12.5. The number of benzene rings is 2. The second-order valence-corrected chi connectivity index (χ2v) is 5.49. The average Bonchev–Trinajstić information content (AvgIpc) is 2.44. The summed E-state index contributed by atoms with van der Waals surface area (Å²) in [5.41, 5.74) is 1.95. The molecule has 0 amide bonds. The van der Waals surface area contributed by atoms with Gasteiger partial charge in [0.1, 0.15) is 6.04 Å². The van der Waals surface area contributed by atoms with Crippen LogP contribution in [0.4, 0.5) is 5.69 Å². The van der Waals surface area contributed by atoms with Gasteiger partial charge in [-0.1, -0.05) is 52.3 Å². The number of halogens is 1. The Kier molecular flexibility index (Phi) is 5.18. The highest BCUT2D eigenvalue weighted by molar-refractivity contribution is 9.10. The van der Waals surface area contributed by atoms with Gasteiger partial charge in [-0.25, -0.2) is 4.79 Å². The van der Waals surface area contributed by atoms with Crippen LogP contribution in [0.3, 0.4) is 0 Å². The molecule has 0 aliphatic carbocycles. The molecule has 0 aliphatic heterocycles. The van der Waals surface area contributed by atoms with Crippen molar-refractivity contribution in [1.29, 1.82) is 0 Å². The van der Waals surface area contributed by atoms with E-state index in [9.17, 15) is 9.90 Å². The van der Waals surface area contributed by atoms with E-state index in [1.807, 2.05) is 54.6 Å². The van der Waals surface area contributed by atoms with Gasteiger partial charge in [0.2, 0.25) is 0 Å². The van der Waals surface area contributed by atoms with Gasteiger partial charge >= 0.3 is 5.97 Å². The highest BCUT2D eigenvalue weighted by Crippen LogP contribution is 2.18. The van der Waals surface area contributed by atoms with Crippen LogP contribution in [0.1, 0.15) is 12.0 Å². The first-order chi connectivity index (χ1) is 9.65. The molecule has 0 aromatic heterocycles. The summed E-state index contributed by atoms with van der Waals surface area (Å²) in [6.07, 6.45) is 1.28. The molecule has 2 rings (SSSR count). The van der Waals surface area contributed by atoms with E-state index in [2.05, 4.69) is 21.2 Å². The van der Waals surface area contributed by atoms with Crippen molar-refractivity contribution < 1.29 is 9.90 Å². The molecule has 0 bridgehead atoms. The molecule has 0 aliphatic rings.